The predicted molar refractivity (Wildman–Crippen MR) is 142 cm³/mol. The van der Waals surface area contributed by atoms with Crippen LogP contribution in [0.3, 0.4) is 0 Å². The summed E-state index contributed by atoms with van der Waals surface area (Å²) in [6.45, 7) is 4.20. The van der Waals surface area contributed by atoms with E-state index in [1.807, 2.05) is 9.62 Å². The normalized spacial score (nSPS) is 21.6. The van der Waals surface area contributed by atoms with Gasteiger partial charge in [0.2, 0.25) is 15.9 Å². The number of rotatable bonds is 8. The molecule has 4 rings (SSSR count). The third-order valence-electron chi connectivity index (χ3n) is 6.90. The average molecular weight is 646 g/mol. The molecule has 1 spiro atoms. The van der Waals surface area contributed by atoms with Crippen LogP contribution in [0, 0.1) is 11.3 Å². The van der Waals surface area contributed by atoms with Crippen molar-refractivity contribution in [2.24, 2.45) is 11.3 Å². The van der Waals surface area contributed by atoms with Crippen molar-refractivity contribution in [1.29, 1.82) is 0 Å². The summed E-state index contributed by atoms with van der Waals surface area (Å²) in [7, 11) is -3.46. The van der Waals surface area contributed by atoms with Gasteiger partial charge in [-0.1, -0.05) is 48.9 Å². The van der Waals surface area contributed by atoms with Crippen molar-refractivity contribution in [2.45, 2.75) is 57.0 Å². The van der Waals surface area contributed by atoms with Gasteiger partial charge in [-0.15, -0.1) is 0 Å². The van der Waals surface area contributed by atoms with Gasteiger partial charge in [-0.3, -0.25) is 14.4 Å². The standard InChI is InChI=1S/C22H31N3O3S.2C2HF3O2/c1-3-17(9-16-7-5-4-6-8-16)19-10-20(19)23-18-11-22(12-18)14-25(15-22)13-21(26)24-29(2,27)28;2*3-2(4,5)1(6)7/h4-9,18-20,23H,3,10-15H2,1-2H3,(H,24,26);2*(H,6,7)/b17-9+;;/t19-,20+;;/m0../s1. The summed E-state index contributed by atoms with van der Waals surface area (Å²) in [6.07, 6.45) is -2.17. The summed E-state index contributed by atoms with van der Waals surface area (Å²) < 4.78 is 87.7. The van der Waals surface area contributed by atoms with Crippen molar-refractivity contribution in [3.63, 3.8) is 0 Å². The van der Waals surface area contributed by atoms with Crippen molar-refractivity contribution < 1.29 is 59.4 Å². The molecule has 3 aliphatic rings. The van der Waals surface area contributed by atoms with Crippen LogP contribution in [0.4, 0.5) is 26.3 Å². The molecule has 43 heavy (non-hydrogen) atoms. The number of hydrogen-bond donors (Lipinski definition) is 4. The molecular weight excluding hydrogens is 612 g/mol. The zero-order valence-electron chi connectivity index (χ0n) is 23.2. The number of carboxylic acid groups (broad SMARTS) is 2. The highest BCUT2D eigenvalue weighted by Gasteiger charge is 2.54. The lowest BCUT2D eigenvalue weighted by molar-refractivity contribution is -0.193. The molecule has 10 nitrogen and oxygen atoms in total. The van der Waals surface area contributed by atoms with E-state index in [-0.39, 0.29) is 6.54 Å². The van der Waals surface area contributed by atoms with Crippen LogP contribution in [0.25, 0.3) is 6.08 Å². The molecule has 0 radical (unpaired) electrons. The minimum absolute atomic E-state index is 0.168. The smallest absolute Gasteiger partial charge is 0.475 e. The predicted octanol–water partition coefficient (Wildman–Crippen LogP) is 3.26. The first kappa shape index (κ1) is 36.0. The number of halogens is 6. The maximum absolute atomic E-state index is 11.7. The Morgan fingerprint density at radius 1 is 1.00 bits per heavy atom. The lowest BCUT2D eigenvalue weighted by atomic mass is 9.60. The Morgan fingerprint density at radius 3 is 1.91 bits per heavy atom. The van der Waals surface area contributed by atoms with Crippen molar-refractivity contribution in [3.05, 3.63) is 41.5 Å². The highest BCUT2D eigenvalue weighted by molar-refractivity contribution is 7.89. The van der Waals surface area contributed by atoms with Gasteiger partial charge in [0, 0.05) is 25.2 Å². The van der Waals surface area contributed by atoms with Crippen molar-refractivity contribution in [3.8, 4) is 0 Å². The molecule has 242 valence electrons. The number of carbonyl (C=O) groups excluding carboxylic acids is 1. The van der Waals surface area contributed by atoms with Crippen molar-refractivity contribution in [2.75, 3.05) is 25.9 Å². The third kappa shape index (κ3) is 12.1. The van der Waals surface area contributed by atoms with E-state index in [0.717, 1.165) is 38.6 Å². The lowest BCUT2D eigenvalue weighted by Gasteiger charge is -2.59. The summed E-state index contributed by atoms with van der Waals surface area (Å²) in [5.74, 6) is -5.29. The van der Waals surface area contributed by atoms with Gasteiger partial charge in [-0.25, -0.2) is 18.0 Å². The Hall–Kier alpha value is -3.18. The van der Waals surface area contributed by atoms with Crippen LogP contribution < -0.4 is 10.0 Å². The summed E-state index contributed by atoms with van der Waals surface area (Å²) >= 11 is 0. The molecule has 1 aromatic rings. The highest BCUT2D eigenvalue weighted by Crippen LogP contribution is 2.50. The second kappa shape index (κ2) is 14.1. The molecule has 1 aliphatic heterocycles. The first-order valence-electron chi connectivity index (χ1n) is 13.0. The zero-order valence-corrected chi connectivity index (χ0v) is 24.0. The van der Waals surface area contributed by atoms with Crippen LogP contribution in [0.15, 0.2) is 35.9 Å². The minimum Gasteiger partial charge on any atom is -0.475 e. The summed E-state index contributed by atoms with van der Waals surface area (Å²) in [5, 5.41) is 18.1. The number of amides is 1. The topological polar surface area (TPSA) is 153 Å². The number of sulfonamides is 1. The molecule has 0 unspecified atom stereocenters. The average Bonchev–Trinajstić information content (AvgIpc) is 3.58. The second-order valence-corrected chi connectivity index (χ2v) is 12.5. The van der Waals surface area contributed by atoms with E-state index in [4.69, 9.17) is 19.8 Å². The molecule has 0 aromatic heterocycles. The number of nitrogens with zero attached hydrogens (tertiary/aromatic N) is 1. The van der Waals surface area contributed by atoms with Crippen LogP contribution >= 0.6 is 0 Å². The van der Waals surface area contributed by atoms with Gasteiger partial charge in [0.15, 0.2) is 0 Å². The molecule has 1 saturated heterocycles. The Bertz CT molecular complexity index is 1250. The number of carbonyl (C=O) groups is 3. The molecule has 0 bridgehead atoms. The van der Waals surface area contributed by atoms with E-state index < -0.39 is 40.2 Å². The van der Waals surface area contributed by atoms with Gasteiger partial charge < -0.3 is 15.5 Å². The van der Waals surface area contributed by atoms with Crippen LogP contribution in [0.5, 0.6) is 0 Å². The number of hydrogen-bond acceptors (Lipinski definition) is 7. The lowest BCUT2D eigenvalue weighted by Crippen LogP contribution is -2.67. The highest BCUT2D eigenvalue weighted by atomic mass is 32.2. The molecule has 1 amide bonds. The van der Waals surface area contributed by atoms with E-state index in [2.05, 4.69) is 48.6 Å². The zero-order chi connectivity index (χ0) is 32.8. The summed E-state index contributed by atoms with van der Waals surface area (Å²) in [5.41, 5.74) is 3.16. The van der Waals surface area contributed by atoms with E-state index in [1.54, 1.807) is 0 Å². The number of nitrogens with one attached hydrogen (secondary N) is 2. The van der Waals surface area contributed by atoms with Crippen molar-refractivity contribution >= 4 is 33.9 Å². The Morgan fingerprint density at radius 2 is 1.49 bits per heavy atom. The molecule has 17 heteroatoms. The van der Waals surface area contributed by atoms with E-state index >= 15 is 0 Å². The minimum atomic E-state index is -5.08. The van der Waals surface area contributed by atoms with Gasteiger partial charge in [0.05, 0.1) is 12.8 Å². The number of carboxylic acids is 2. The fourth-order valence-corrected chi connectivity index (χ4v) is 5.62. The van der Waals surface area contributed by atoms with Gasteiger partial charge in [-0.05, 0) is 42.6 Å². The molecule has 1 heterocycles. The summed E-state index contributed by atoms with van der Waals surface area (Å²) in [6, 6.07) is 11.7. The monoisotopic (exact) mass is 645 g/mol. The molecule has 4 N–H and O–H groups in total. The Labute approximate surface area is 244 Å². The molecule has 2 saturated carbocycles. The SMILES string of the molecule is CC/C(=C\c1ccccc1)[C@@H]1C[C@H]1NC1CC2(C1)CN(CC(=O)NS(C)(=O)=O)C2.O=C(O)C(F)(F)F.O=C(O)C(F)(F)F. The van der Waals surface area contributed by atoms with E-state index in [9.17, 15) is 39.6 Å². The van der Waals surface area contributed by atoms with E-state index in [0.29, 0.717) is 23.4 Å². The van der Waals surface area contributed by atoms with Crippen LogP contribution in [0.1, 0.15) is 38.2 Å². The van der Waals surface area contributed by atoms with Crippen molar-refractivity contribution in [1.82, 2.24) is 14.9 Å². The number of alkyl halides is 6. The molecule has 2 aliphatic carbocycles. The van der Waals surface area contributed by atoms with Gasteiger partial charge >= 0.3 is 24.3 Å². The fraction of sp³-hybridized carbons (Fsp3) is 0.577. The van der Waals surface area contributed by atoms with E-state index in [1.165, 1.54) is 17.6 Å². The maximum Gasteiger partial charge on any atom is 0.490 e. The molecule has 1 aromatic carbocycles. The number of aliphatic carboxylic acids is 2. The quantitative estimate of drug-likeness (QED) is 0.312. The van der Waals surface area contributed by atoms with Gasteiger partial charge in [-0.2, -0.15) is 26.3 Å². The fourth-order valence-electron chi connectivity index (χ4n) is 5.14. The largest absolute Gasteiger partial charge is 0.490 e. The third-order valence-corrected chi connectivity index (χ3v) is 7.50. The maximum atomic E-state index is 11.7. The molecule has 3 fully saturated rings. The Balaban J connectivity index is 0.000000384. The Kier molecular flexibility index (Phi) is 11.8. The first-order chi connectivity index (χ1) is 19.6. The number of likely N-dealkylation sites (tertiary alicyclic amines) is 1. The van der Waals surface area contributed by atoms with Gasteiger partial charge in [0.25, 0.3) is 0 Å². The number of benzene rings is 1. The molecular formula is C26H33F6N3O7S. The van der Waals surface area contributed by atoms with Crippen LogP contribution in [-0.4, -0.2) is 91.7 Å². The second-order valence-electron chi connectivity index (χ2n) is 10.8. The molecule has 2 atom stereocenters. The van der Waals surface area contributed by atoms with Gasteiger partial charge in [0.1, 0.15) is 0 Å². The first-order valence-corrected chi connectivity index (χ1v) is 14.9. The summed E-state index contributed by atoms with van der Waals surface area (Å²) in [4.78, 5) is 31.5. The van der Waals surface area contributed by atoms with Crippen LogP contribution in [-0.2, 0) is 24.4 Å². The van der Waals surface area contributed by atoms with Crippen LogP contribution in [0.2, 0.25) is 0 Å².